The molecule has 0 aliphatic heterocycles. The highest BCUT2D eigenvalue weighted by Crippen LogP contribution is 2.15. The van der Waals surface area contributed by atoms with Crippen molar-refractivity contribution in [2.75, 3.05) is 32.7 Å². The summed E-state index contributed by atoms with van der Waals surface area (Å²) < 4.78 is 26.7. The van der Waals surface area contributed by atoms with Crippen molar-refractivity contribution >= 4 is 10.0 Å². The summed E-state index contributed by atoms with van der Waals surface area (Å²) >= 11 is 0. The summed E-state index contributed by atoms with van der Waals surface area (Å²) in [5, 5.41) is 6.30. The van der Waals surface area contributed by atoms with Gasteiger partial charge in [-0.05, 0) is 19.0 Å². The summed E-state index contributed by atoms with van der Waals surface area (Å²) in [6.07, 6.45) is 2.79. The molecular formula is C13H26N4O2S. The van der Waals surface area contributed by atoms with Gasteiger partial charge in [0.25, 0.3) is 0 Å². The van der Waals surface area contributed by atoms with Crippen molar-refractivity contribution in [3.05, 3.63) is 12.4 Å². The minimum absolute atomic E-state index is 0.234. The number of aromatic nitrogens is 2. The summed E-state index contributed by atoms with van der Waals surface area (Å²) in [6, 6.07) is 0. The van der Waals surface area contributed by atoms with Crippen molar-refractivity contribution in [1.82, 2.24) is 19.4 Å². The van der Waals surface area contributed by atoms with Gasteiger partial charge in [-0.2, -0.15) is 9.40 Å². The lowest BCUT2D eigenvalue weighted by Gasteiger charge is -2.26. The molecule has 116 valence electrons. The quantitative estimate of drug-likeness (QED) is 0.748. The molecule has 1 aromatic rings. The molecule has 1 N–H and O–H groups in total. The molecule has 1 rings (SSSR count). The van der Waals surface area contributed by atoms with Crippen molar-refractivity contribution in [1.29, 1.82) is 0 Å². The highest BCUT2D eigenvalue weighted by Gasteiger charge is 2.26. The van der Waals surface area contributed by atoms with E-state index in [0.29, 0.717) is 13.1 Å². The van der Waals surface area contributed by atoms with Crippen molar-refractivity contribution in [3.8, 4) is 0 Å². The first-order chi connectivity index (χ1) is 9.41. The average Bonchev–Trinajstić information content (AvgIpc) is 2.92. The SMILES string of the molecule is CCN(CC)CCN(CC(C)C)S(=O)(=O)c1cn[nH]c1. The zero-order valence-corrected chi connectivity index (χ0v) is 13.7. The van der Waals surface area contributed by atoms with E-state index in [1.807, 2.05) is 13.8 Å². The molecular weight excluding hydrogens is 276 g/mol. The lowest BCUT2D eigenvalue weighted by molar-refractivity contribution is 0.262. The Morgan fingerprint density at radius 3 is 2.35 bits per heavy atom. The van der Waals surface area contributed by atoms with Gasteiger partial charge in [0.15, 0.2) is 0 Å². The molecule has 0 radical (unpaired) electrons. The van der Waals surface area contributed by atoms with Gasteiger partial charge >= 0.3 is 0 Å². The minimum Gasteiger partial charge on any atom is -0.303 e. The Bertz CT molecular complexity index is 467. The molecule has 7 heteroatoms. The first-order valence-corrected chi connectivity index (χ1v) is 8.57. The van der Waals surface area contributed by atoms with Gasteiger partial charge in [-0.25, -0.2) is 8.42 Å². The molecule has 0 saturated heterocycles. The van der Waals surface area contributed by atoms with Crippen LogP contribution in [0.4, 0.5) is 0 Å². The third kappa shape index (κ3) is 4.57. The van der Waals surface area contributed by atoms with Gasteiger partial charge in [-0.3, -0.25) is 5.10 Å². The Morgan fingerprint density at radius 1 is 1.25 bits per heavy atom. The van der Waals surface area contributed by atoms with Crippen LogP contribution >= 0.6 is 0 Å². The van der Waals surface area contributed by atoms with E-state index in [0.717, 1.165) is 19.6 Å². The number of likely N-dealkylation sites (N-methyl/N-ethyl adjacent to an activating group) is 1. The third-order valence-corrected chi connectivity index (χ3v) is 5.07. The minimum atomic E-state index is -3.45. The van der Waals surface area contributed by atoms with E-state index in [4.69, 9.17) is 0 Å². The maximum absolute atomic E-state index is 12.6. The molecule has 0 spiro atoms. The van der Waals surface area contributed by atoms with E-state index in [1.54, 1.807) is 4.31 Å². The van der Waals surface area contributed by atoms with Crippen LogP contribution in [-0.4, -0.2) is 60.5 Å². The first kappa shape index (κ1) is 17.1. The fraction of sp³-hybridized carbons (Fsp3) is 0.769. The van der Waals surface area contributed by atoms with E-state index < -0.39 is 10.0 Å². The van der Waals surface area contributed by atoms with Crippen molar-refractivity contribution in [2.45, 2.75) is 32.6 Å². The molecule has 0 aliphatic rings. The van der Waals surface area contributed by atoms with Gasteiger partial charge in [0, 0.05) is 25.8 Å². The summed E-state index contributed by atoms with van der Waals surface area (Å²) in [6.45, 7) is 11.8. The molecule has 6 nitrogen and oxygen atoms in total. The fourth-order valence-electron chi connectivity index (χ4n) is 2.04. The molecule has 0 aromatic carbocycles. The summed E-state index contributed by atoms with van der Waals surface area (Å²) in [5.41, 5.74) is 0. The van der Waals surface area contributed by atoms with Crippen molar-refractivity contribution in [3.63, 3.8) is 0 Å². The van der Waals surface area contributed by atoms with Crippen LogP contribution in [0.1, 0.15) is 27.7 Å². The van der Waals surface area contributed by atoms with Crippen LogP contribution in [0.5, 0.6) is 0 Å². The molecule has 20 heavy (non-hydrogen) atoms. The smallest absolute Gasteiger partial charge is 0.246 e. The zero-order chi connectivity index (χ0) is 15.2. The molecule has 0 amide bonds. The number of nitrogens with one attached hydrogen (secondary N) is 1. The van der Waals surface area contributed by atoms with E-state index in [9.17, 15) is 8.42 Å². The fourth-order valence-corrected chi connectivity index (χ4v) is 3.54. The van der Waals surface area contributed by atoms with Crippen LogP contribution in [0.3, 0.4) is 0 Å². The molecule has 0 aliphatic carbocycles. The number of nitrogens with zero attached hydrogens (tertiary/aromatic N) is 3. The Morgan fingerprint density at radius 2 is 1.90 bits per heavy atom. The molecule has 0 bridgehead atoms. The molecule has 0 saturated carbocycles. The number of rotatable bonds is 9. The third-order valence-electron chi connectivity index (χ3n) is 3.24. The van der Waals surface area contributed by atoms with Crippen molar-refractivity contribution < 1.29 is 8.42 Å². The number of hydrogen-bond acceptors (Lipinski definition) is 4. The Hall–Kier alpha value is -0.920. The van der Waals surface area contributed by atoms with Crippen LogP contribution < -0.4 is 0 Å². The monoisotopic (exact) mass is 302 g/mol. The lowest BCUT2D eigenvalue weighted by Crippen LogP contribution is -2.40. The average molecular weight is 302 g/mol. The van der Waals surface area contributed by atoms with E-state index in [2.05, 4.69) is 28.9 Å². The second-order valence-corrected chi connectivity index (χ2v) is 7.16. The van der Waals surface area contributed by atoms with Gasteiger partial charge in [0.1, 0.15) is 4.90 Å². The normalized spacial score (nSPS) is 12.8. The van der Waals surface area contributed by atoms with Gasteiger partial charge in [-0.1, -0.05) is 27.7 Å². The standard InChI is InChI=1S/C13H26N4O2S/c1-5-16(6-2)7-8-17(11-12(3)4)20(18,19)13-9-14-15-10-13/h9-10,12H,5-8,11H2,1-4H3,(H,14,15). The van der Waals surface area contributed by atoms with E-state index >= 15 is 0 Å². The van der Waals surface area contributed by atoms with E-state index in [-0.39, 0.29) is 10.8 Å². The maximum atomic E-state index is 12.6. The Labute approximate surface area is 122 Å². The highest BCUT2D eigenvalue weighted by atomic mass is 32.2. The lowest BCUT2D eigenvalue weighted by atomic mass is 10.2. The maximum Gasteiger partial charge on any atom is 0.246 e. The molecule has 0 fully saturated rings. The van der Waals surface area contributed by atoms with E-state index in [1.165, 1.54) is 12.4 Å². The summed E-state index contributed by atoms with van der Waals surface area (Å²) in [4.78, 5) is 2.45. The Balaban J connectivity index is 2.84. The van der Waals surface area contributed by atoms with Crippen LogP contribution in [0.2, 0.25) is 0 Å². The number of sulfonamides is 1. The molecule has 1 heterocycles. The summed E-state index contributed by atoms with van der Waals surface area (Å²) in [7, 11) is -3.45. The molecule has 0 unspecified atom stereocenters. The van der Waals surface area contributed by atoms with Gasteiger partial charge < -0.3 is 4.90 Å². The van der Waals surface area contributed by atoms with Gasteiger partial charge in [0.05, 0.1) is 6.20 Å². The predicted octanol–water partition coefficient (Wildman–Crippen LogP) is 1.40. The number of hydrogen-bond donors (Lipinski definition) is 1. The highest BCUT2D eigenvalue weighted by molar-refractivity contribution is 7.89. The van der Waals surface area contributed by atoms with Crippen LogP contribution in [-0.2, 0) is 10.0 Å². The van der Waals surface area contributed by atoms with Crippen molar-refractivity contribution in [2.24, 2.45) is 5.92 Å². The van der Waals surface area contributed by atoms with Gasteiger partial charge in [0.2, 0.25) is 10.0 Å². The Kier molecular flexibility index (Phi) is 6.64. The zero-order valence-electron chi connectivity index (χ0n) is 12.8. The molecule has 0 atom stereocenters. The predicted molar refractivity (Wildman–Crippen MR) is 80.0 cm³/mol. The largest absolute Gasteiger partial charge is 0.303 e. The topological polar surface area (TPSA) is 69.3 Å². The summed E-state index contributed by atoms with van der Waals surface area (Å²) in [5.74, 6) is 0.286. The number of H-pyrrole nitrogens is 1. The number of aromatic amines is 1. The second-order valence-electron chi connectivity index (χ2n) is 5.22. The van der Waals surface area contributed by atoms with Gasteiger partial charge in [-0.15, -0.1) is 0 Å². The molecule has 1 aromatic heterocycles. The first-order valence-electron chi connectivity index (χ1n) is 7.13. The second kappa shape index (κ2) is 7.75. The van der Waals surface area contributed by atoms with Crippen LogP contribution in [0.15, 0.2) is 17.3 Å². The van der Waals surface area contributed by atoms with Crippen LogP contribution in [0, 0.1) is 5.92 Å². The van der Waals surface area contributed by atoms with Crippen LogP contribution in [0.25, 0.3) is 0 Å².